The van der Waals surface area contributed by atoms with Gasteiger partial charge in [-0.3, -0.25) is 10.3 Å². The lowest BCUT2D eigenvalue weighted by Crippen LogP contribution is -2.43. The lowest BCUT2D eigenvalue weighted by atomic mass is 9.82. The van der Waals surface area contributed by atoms with Gasteiger partial charge in [0, 0.05) is 6.54 Å². The number of unbranched alkanes of at least 4 members (excludes halogenated alkanes) is 1. The van der Waals surface area contributed by atoms with E-state index in [0.29, 0.717) is 17.8 Å². The van der Waals surface area contributed by atoms with Crippen LogP contribution in [0.15, 0.2) is 9.98 Å². The maximum Gasteiger partial charge on any atom is 0.195 e. The lowest BCUT2D eigenvalue weighted by molar-refractivity contribution is 0.288. The molecule has 5 heteroatoms. The normalized spacial score (nSPS) is 15.6. The molecule has 0 aliphatic carbocycles. The van der Waals surface area contributed by atoms with Crippen molar-refractivity contribution in [3.8, 4) is 0 Å². The number of hydrogen-bond donors (Lipinski definition) is 3. The van der Waals surface area contributed by atoms with Crippen LogP contribution in [0.1, 0.15) is 80.6 Å². The predicted molar refractivity (Wildman–Crippen MR) is 103 cm³/mol. The first-order valence-electron chi connectivity index (χ1n) is 8.91. The Morgan fingerprint density at radius 1 is 1.04 bits per heavy atom. The van der Waals surface area contributed by atoms with Crippen molar-refractivity contribution in [2.75, 3.05) is 6.54 Å². The third-order valence-electron chi connectivity index (χ3n) is 3.71. The van der Waals surface area contributed by atoms with Gasteiger partial charge < -0.3 is 11.5 Å². The van der Waals surface area contributed by atoms with Crippen molar-refractivity contribution in [2.45, 2.75) is 86.1 Å². The molecule has 5 N–H and O–H groups in total. The van der Waals surface area contributed by atoms with Crippen LogP contribution in [0.3, 0.4) is 0 Å². The van der Waals surface area contributed by atoms with Crippen molar-refractivity contribution in [3.05, 3.63) is 0 Å². The van der Waals surface area contributed by atoms with E-state index < -0.39 is 0 Å². The first kappa shape index (κ1) is 21.7. The molecule has 0 heterocycles. The second-order valence-corrected chi connectivity index (χ2v) is 8.31. The van der Waals surface area contributed by atoms with Gasteiger partial charge >= 0.3 is 0 Å². The van der Waals surface area contributed by atoms with Crippen LogP contribution in [0.4, 0.5) is 0 Å². The van der Waals surface area contributed by atoms with Gasteiger partial charge in [-0.1, -0.05) is 53.9 Å². The molecular formula is C18H39N5. The molecule has 0 amide bonds. The molecule has 1 unspecified atom stereocenters. The minimum Gasteiger partial charge on any atom is -0.370 e. The average Bonchev–Trinajstić information content (AvgIpc) is 2.34. The highest BCUT2D eigenvalue weighted by Gasteiger charge is 2.25. The highest BCUT2D eigenvalue weighted by molar-refractivity contribution is 5.97. The van der Waals surface area contributed by atoms with Crippen molar-refractivity contribution in [1.82, 2.24) is 5.32 Å². The van der Waals surface area contributed by atoms with Gasteiger partial charge in [0.15, 0.2) is 11.9 Å². The number of guanidine groups is 2. The molecule has 0 radical (unpaired) electrons. The molecule has 23 heavy (non-hydrogen) atoms. The largest absolute Gasteiger partial charge is 0.370 e. The van der Waals surface area contributed by atoms with Gasteiger partial charge in [0.2, 0.25) is 0 Å². The van der Waals surface area contributed by atoms with Gasteiger partial charge in [-0.25, -0.2) is 4.99 Å². The first-order valence-corrected chi connectivity index (χ1v) is 8.91. The van der Waals surface area contributed by atoms with E-state index in [-0.39, 0.29) is 11.0 Å². The summed E-state index contributed by atoms with van der Waals surface area (Å²) in [5.41, 5.74) is 11.9. The minimum atomic E-state index is -0.233. The molecule has 0 aromatic rings. The van der Waals surface area contributed by atoms with Gasteiger partial charge in [-0.15, -0.1) is 0 Å². The number of nitrogens with one attached hydrogen (secondary N) is 1. The molecule has 0 saturated heterocycles. The van der Waals surface area contributed by atoms with E-state index in [1.807, 2.05) is 0 Å². The second kappa shape index (κ2) is 9.78. The summed E-state index contributed by atoms with van der Waals surface area (Å²) >= 11 is 0. The molecule has 0 aliphatic heterocycles. The van der Waals surface area contributed by atoms with E-state index in [9.17, 15) is 0 Å². The van der Waals surface area contributed by atoms with Crippen molar-refractivity contribution in [3.63, 3.8) is 0 Å². The Labute approximate surface area is 143 Å². The standard InChI is InChI=1S/C18H39N5/c1-8-10-11-14(9-2)12-21-15(19)22-16(20)23-18(6,7)13-17(3,4)5/h14H,8-13H2,1-7H3,(H5,19,20,21,22,23). The quantitative estimate of drug-likeness (QED) is 0.470. The highest BCUT2D eigenvalue weighted by Crippen LogP contribution is 2.29. The topological polar surface area (TPSA) is 88.8 Å². The van der Waals surface area contributed by atoms with E-state index in [1.54, 1.807) is 0 Å². The van der Waals surface area contributed by atoms with Crippen LogP contribution in [-0.4, -0.2) is 24.0 Å². The van der Waals surface area contributed by atoms with Gasteiger partial charge in [0.25, 0.3) is 0 Å². The summed E-state index contributed by atoms with van der Waals surface area (Å²) in [5, 5.41) is 2.91. The molecule has 0 rings (SSSR count). The molecule has 0 bridgehead atoms. The van der Waals surface area contributed by atoms with E-state index in [4.69, 9.17) is 11.5 Å². The summed E-state index contributed by atoms with van der Waals surface area (Å²) in [4.78, 5) is 8.97. The first-order chi connectivity index (χ1) is 10.5. The fourth-order valence-corrected chi connectivity index (χ4v) is 3.01. The molecule has 1 atom stereocenters. The minimum absolute atomic E-state index is 0.195. The van der Waals surface area contributed by atoms with E-state index in [1.165, 1.54) is 19.3 Å². The second-order valence-electron chi connectivity index (χ2n) is 8.31. The molecule has 0 fully saturated rings. The maximum absolute atomic E-state index is 5.98. The molecule has 0 spiro atoms. The predicted octanol–water partition coefficient (Wildman–Crippen LogP) is 3.64. The third kappa shape index (κ3) is 11.9. The molecule has 136 valence electrons. The van der Waals surface area contributed by atoms with Crippen LogP contribution in [0.2, 0.25) is 0 Å². The number of nitrogens with zero attached hydrogens (tertiary/aromatic N) is 2. The van der Waals surface area contributed by atoms with Gasteiger partial charge in [0.1, 0.15) is 0 Å². The van der Waals surface area contributed by atoms with E-state index in [0.717, 1.165) is 19.4 Å². The van der Waals surface area contributed by atoms with Crippen LogP contribution < -0.4 is 16.8 Å². The summed E-state index contributed by atoms with van der Waals surface area (Å²) in [6.07, 6.45) is 5.72. The van der Waals surface area contributed by atoms with Gasteiger partial charge in [-0.05, 0) is 38.0 Å². The maximum atomic E-state index is 5.98. The summed E-state index contributed by atoms with van der Waals surface area (Å²) in [6, 6.07) is 0. The molecule has 0 saturated carbocycles. The Morgan fingerprint density at radius 2 is 1.65 bits per heavy atom. The van der Waals surface area contributed by atoms with Crippen LogP contribution in [0.5, 0.6) is 0 Å². The number of nitrogens with two attached hydrogens (primary N) is 2. The molecule has 5 nitrogen and oxygen atoms in total. The van der Waals surface area contributed by atoms with E-state index >= 15 is 0 Å². The molecule has 0 aromatic carbocycles. The molecular weight excluding hydrogens is 286 g/mol. The average molecular weight is 326 g/mol. The number of rotatable bonds is 8. The van der Waals surface area contributed by atoms with Crippen molar-refractivity contribution in [1.29, 1.82) is 0 Å². The van der Waals surface area contributed by atoms with Crippen LogP contribution in [0, 0.1) is 11.3 Å². The molecule has 0 aliphatic rings. The summed E-state index contributed by atoms with van der Waals surface area (Å²) in [5.74, 6) is 1.28. The van der Waals surface area contributed by atoms with Crippen LogP contribution in [-0.2, 0) is 0 Å². The molecule has 0 aromatic heterocycles. The zero-order chi connectivity index (χ0) is 18.1. The van der Waals surface area contributed by atoms with Crippen molar-refractivity contribution in [2.24, 2.45) is 32.8 Å². The fourth-order valence-electron chi connectivity index (χ4n) is 3.01. The number of hydrogen-bond acceptors (Lipinski definition) is 2. The zero-order valence-corrected chi connectivity index (χ0v) is 16.4. The van der Waals surface area contributed by atoms with Gasteiger partial charge in [-0.2, -0.15) is 0 Å². The Bertz CT molecular complexity index is 391. The number of aliphatic imine (C=N–C) groups is 2. The highest BCUT2D eigenvalue weighted by atomic mass is 15.2. The lowest BCUT2D eigenvalue weighted by Gasteiger charge is -2.29. The zero-order valence-electron chi connectivity index (χ0n) is 16.4. The summed E-state index contributed by atoms with van der Waals surface area (Å²) < 4.78 is 0. The van der Waals surface area contributed by atoms with Crippen molar-refractivity contribution < 1.29 is 0 Å². The SMILES string of the molecule is CCCCC(CC)CN=C(N)NC(N)=NC(C)(C)CC(C)(C)C. The van der Waals surface area contributed by atoms with Crippen LogP contribution >= 0.6 is 0 Å². The van der Waals surface area contributed by atoms with E-state index in [2.05, 4.69) is 63.8 Å². The Kier molecular flexibility index (Phi) is 9.25. The van der Waals surface area contributed by atoms with Gasteiger partial charge in [0.05, 0.1) is 5.54 Å². The Balaban J connectivity index is 4.59. The van der Waals surface area contributed by atoms with Crippen LogP contribution in [0.25, 0.3) is 0 Å². The smallest absolute Gasteiger partial charge is 0.195 e. The monoisotopic (exact) mass is 325 g/mol. The summed E-state index contributed by atoms with van der Waals surface area (Å²) in [6.45, 7) is 15.9. The fraction of sp³-hybridized carbons (Fsp3) is 0.889. The third-order valence-corrected chi connectivity index (χ3v) is 3.71. The Morgan fingerprint density at radius 3 is 2.13 bits per heavy atom. The van der Waals surface area contributed by atoms with Crippen molar-refractivity contribution >= 4 is 11.9 Å². The Hall–Kier alpha value is -1.26. The summed E-state index contributed by atoms with van der Waals surface area (Å²) in [7, 11) is 0.